The summed E-state index contributed by atoms with van der Waals surface area (Å²) >= 11 is 5.61. The normalized spacial score (nSPS) is 9.81. The molecule has 1 amide bonds. The highest BCUT2D eigenvalue weighted by molar-refractivity contribution is 6.29. The van der Waals surface area contributed by atoms with E-state index in [1.807, 2.05) is 0 Å². The largest absolute Gasteiger partial charge is 0.290 e. The third-order valence-electron chi connectivity index (χ3n) is 1.78. The van der Waals surface area contributed by atoms with E-state index in [0.717, 1.165) is 0 Å². The van der Waals surface area contributed by atoms with Gasteiger partial charge in [0.05, 0.1) is 5.56 Å². The highest BCUT2D eigenvalue weighted by Crippen LogP contribution is 2.06. The summed E-state index contributed by atoms with van der Waals surface area (Å²) in [4.78, 5) is 23.2. The summed E-state index contributed by atoms with van der Waals surface area (Å²) < 4.78 is 0. The molecule has 0 atom stereocenters. The van der Waals surface area contributed by atoms with Gasteiger partial charge in [-0.05, 0) is 18.2 Å². The van der Waals surface area contributed by atoms with Crippen molar-refractivity contribution in [2.45, 2.75) is 0 Å². The number of hydrogen-bond acceptors (Lipinski definition) is 4. The van der Waals surface area contributed by atoms with Crippen molar-refractivity contribution in [1.82, 2.24) is 15.0 Å². The second-order valence-electron chi connectivity index (χ2n) is 2.90. The zero-order valence-corrected chi connectivity index (χ0v) is 8.85. The van der Waals surface area contributed by atoms with E-state index in [0.29, 0.717) is 10.7 Å². The first-order chi connectivity index (χ1) is 7.75. The molecule has 0 aliphatic heterocycles. The Kier molecular flexibility index (Phi) is 3.07. The van der Waals surface area contributed by atoms with Gasteiger partial charge >= 0.3 is 0 Å². The molecule has 16 heavy (non-hydrogen) atoms. The Morgan fingerprint density at radius 3 is 2.56 bits per heavy atom. The third kappa shape index (κ3) is 2.52. The van der Waals surface area contributed by atoms with Gasteiger partial charge in [-0.25, -0.2) is 15.0 Å². The summed E-state index contributed by atoms with van der Waals surface area (Å²) in [5, 5.41) is 2.87. The van der Waals surface area contributed by atoms with Crippen molar-refractivity contribution in [3.8, 4) is 0 Å². The van der Waals surface area contributed by atoms with Gasteiger partial charge in [0.1, 0.15) is 5.15 Å². The Morgan fingerprint density at radius 2 is 1.94 bits per heavy atom. The predicted molar refractivity (Wildman–Crippen MR) is 59.2 cm³/mol. The van der Waals surface area contributed by atoms with Crippen LogP contribution in [0.25, 0.3) is 0 Å². The van der Waals surface area contributed by atoms with E-state index in [9.17, 15) is 4.79 Å². The Morgan fingerprint density at radius 1 is 1.19 bits per heavy atom. The van der Waals surface area contributed by atoms with Gasteiger partial charge in [0, 0.05) is 18.6 Å². The molecule has 0 aromatic carbocycles. The lowest BCUT2D eigenvalue weighted by atomic mass is 10.3. The average molecular weight is 235 g/mol. The molecule has 2 aromatic heterocycles. The van der Waals surface area contributed by atoms with Crippen LogP contribution in [0.3, 0.4) is 0 Å². The minimum absolute atomic E-state index is 0.252. The van der Waals surface area contributed by atoms with Gasteiger partial charge in [0.2, 0.25) is 5.95 Å². The number of carbonyl (C=O) groups excluding carboxylic acids is 1. The molecule has 0 fully saturated rings. The number of nitrogens with zero attached hydrogens (tertiary/aromatic N) is 3. The number of anilines is 1. The lowest BCUT2D eigenvalue weighted by molar-refractivity contribution is 0.102. The van der Waals surface area contributed by atoms with Crippen LogP contribution in [-0.4, -0.2) is 20.9 Å². The number of halogens is 1. The van der Waals surface area contributed by atoms with Gasteiger partial charge in [-0.15, -0.1) is 0 Å². The molecular formula is C10H7ClN4O. The fourth-order valence-corrected chi connectivity index (χ4v) is 1.16. The van der Waals surface area contributed by atoms with Gasteiger partial charge < -0.3 is 0 Å². The molecule has 0 aliphatic rings. The number of amides is 1. The summed E-state index contributed by atoms with van der Waals surface area (Å²) in [5.41, 5.74) is 0.400. The van der Waals surface area contributed by atoms with Gasteiger partial charge in [-0.2, -0.15) is 0 Å². The Bertz CT molecular complexity index is 486. The minimum Gasteiger partial charge on any atom is -0.290 e. The molecule has 0 bridgehead atoms. The summed E-state index contributed by atoms with van der Waals surface area (Å²) in [6.45, 7) is 0. The van der Waals surface area contributed by atoms with Crippen molar-refractivity contribution in [3.63, 3.8) is 0 Å². The maximum atomic E-state index is 11.7. The van der Waals surface area contributed by atoms with Crippen LogP contribution < -0.4 is 5.32 Å². The second-order valence-corrected chi connectivity index (χ2v) is 3.28. The van der Waals surface area contributed by atoms with Crippen LogP contribution in [0, 0.1) is 0 Å². The zero-order chi connectivity index (χ0) is 11.4. The number of aromatic nitrogens is 3. The first-order valence-corrected chi connectivity index (χ1v) is 4.83. The van der Waals surface area contributed by atoms with E-state index in [1.165, 1.54) is 6.20 Å². The van der Waals surface area contributed by atoms with Gasteiger partial charge in [-0.1, -0.05) is 11.6 Å². The quantitative estimate of drug-likeness (QED) is 0.805. The molecule has 0 radical (unpaired) electrons. The molecule has 0 saturated carbocycles. The Balaban J connectivity index is 2.12. The smallest absolute Gasteiger partial charge is 0.259 e. The fourth-order valence-electron chi connectivity index (χ4n) is 1.05. The van der Waals surface area contributed by atoms with Crippen molar-refractivity contribution < 1.29 is 4.79 Å². The van der Waals surface area contributed by atoms with Gasteiger partial charge in [0.15, 0.2) is 0 Å². The highest BCUT2D eigenvalue weighted by Gasteiger charge is 2.07. The average Bonchev–Trinajstić information content (AvgIpc) is 2.31. The molecule has 2 heterocycles. The summed E-state index contributed by atoms with van der Waals surface area (Å²) in [5.74, 6) is -0.0715. The second kappa shape index (κ2) is 4.67. The van der Waals surface area contributed by atoms with Gasteiger partial charge in [0.25, 0.3) is 5.91 Å². The SMILES string of the molecule is O=C(Nc1ncccn1)c1ccc(Cl)nc1. The van der Waals surface area contributed by atoms with E-state index >= 15 is 0 Å². The molecule has 0 saturated heterocycles. The highest BCUT2D eigenvalue weighted by atomic mass is 35.5. The first-order valence-electron chi connectivity index (χ1n) is 4.45. The van der Waals surface area contributed by atoms with Crippen LogP contribution in [0.5, 0.6) is 0 Å². The van der Waals surface area contributed by atoms with Crippen molar-refractivity contribution in [2.75, 3.05) is 5.32 Å². The molecule has 0 spiro atoms. The van der Waals surface area contributed by atoms with Crippen molar-refractivity contribution in [1.29, 1.82) is 0 Å². The minimum atomic E-state index is -0.324. The number of nitrogens with one attached hydrogen (secondary N) is 1. The monoisotopic (exact) mass is 234 g/mol. The van der Waals surface area contributed by atoms with Crippen LogP contribution in [-0.2, 0) is 0 Å². The van der Waals surface area contributed by atoms with Crippen molar-refractivity contribution in [2.24, 2.45) is 0 Å². The molecule has 1 N–H and O–H groups in total. The lowest BCUT2D eigenvalue weighted by Crippen LogP contribution is -2.14. The molecular weight excluding hydrogens is 228 g/mol. The van der Waals surface area contributed by atoms with E-state index in [1.54, 1.807) is 30.6 Å². The van der Waals surface area contributed by atoms with E-state index in [-0.39, 0.29) is 11.9 Å². The van der Waals surface area contributed by atoms with Crippen LogP contribution >= 0.6 is 11.6 Å². The first kappa shape index (κ1) is 10.5. The number of pyridine rings is 1. The molecule has 2 aromatic rings. The summed E-state index contributed by atoms with van der Waals surface area (Å²) in [7, 11) is 0. The summed E-state index contributed by atoms with van der Waals surface area (Å²) in [6.07, 6.45) is 4.48. The molecule has 0 aliphatic carbocycles. The fraction of sp³-hybridized carbons (Fsp3) is 0. The maximum Gasteiger partial charge on any atom is 0.259 e. The lowest BCUT2D eigenvalue weighted by Gasteiger charge is -2.02. The molecule has 2 rings (SSSR count). The summed E-state index contributed by atoms with van der Waals surface area (Å²) in [6, 6.07) is 4.79. The standard InChI is InChI=1S/C10H7ClN4O/c11-8-3-2-7(6-14-8)9(16)15-10-12-4-1-5-13-10/h1-6H,(H,12,13,15,16). The van der Waals surface area contributed by atoms with Crippen LogP contribution in [0.15, 0.2) is 36.8 Å². The topological polar surface area (TPSA) is 67.8 Å². The van der Waals surface area contributed by atoms with Crippen LogP contribution in [0.4, 0.5) is 5.95 Å². The van der Waals surface area contributed by atoms with E-state index in [2.05, 4.69) is 20.3 Å². The number of hydrogen-bond donors (Lipinski definition) is 1. The Labute approximate surface area is 96.5 Å². The van der Waals surface area contributed by atoms with E-state index < -0.39 is 0 Å². The maximum absolute atomic E-state index is 11.7. The number of rotatable bonds is 2. The predicted octanol–water partition coefficient (Wildman–Crippen LogP) is 1.78. The van der Waals surface area contributed by atoms with Crippen LogP contribution in [0.2, 0.25) is 5.15 Å². The molecule has 6 heteroatoms. The molecule has 0 unspecified atom stereocenters. The molecule has 5 nitrogen and oxygen atoms in total. The van der Waals surface area contributed by atoms with Crippen LogP contribution in [0.1, 0.15) is 10.4 Å². The molecule has 80 valence electrons. The van der Waals surface area contributed by atoms with Crippen molar-refractivity contribution >= 4 is 23.5 Å². The van der Waals surface area contributed by atoms with Crippen molar-refractivity contribution in [3.05, 3.63) is 47.5 Å². The number of carbonyl (C=O) groups is 1. The van der Waals surface area contributed by atoms with E-state index in [4.69, 9.17) is 11.6 Å². The zero-order valence-electron chi connectivity index (χ0n) is 8.09. The van der Waals surface area contributed by atoms with Gasteiger partial charge in [-0.3, -0.25) is 10.1 Å². The Hall–Kier alpha value is -2.01. The third-order valence-corrected chi connectivity index (χ3v) is 2.00.